The van der Waals surface area contributed by atoms with Crippen LogP contribution in [-0.2, 0) is 12.8 Å². The molecule has 108 valence electrons. The second-order valence-electron chi connectivity index (χ2n) is 6.77. The zero-order valence-corrected chi connectivity index (χ0v) is 12.3. The Hall–Kier alpha value is -1.25. The smallest absolute Gasteiger partial charge is 0.216 e. The zero-order valence-electron chi connectivity index (χ0n) is 12.3. The van der Waals surface area contributed by atoms with Gasteiger partial charge in [-0.25, -0.2) is 4.98 Å². The highest BCUT2D eigenvalue weighted by Gasteiger charge is 2.39. The Kier molecular flexibility index (Phi) is 3.08. The summed E-state index contributed by atoms with van der Waals surface area (Å²) in [7, 11) is 1.74. The maximum absolute atomic E-state index is 5.45. The third-order valence-corrected chi connectivity index (χ3v) is 5.63. The summed E-state index contributed by atoms with van der Waals surface area (Å²) in [5.41, 5.74) is 4.12. The van der Waals surface area contributed by atoms with Gasteiger partial charge >= 0.3 is 0 Å². The van der Waals surface area contributed by atoms with Crippen molar-refractivity contribution in [2.75, 3.05) is 12.4 Å². The van der Waals surface area contributed by atoms with Gasteiger partial charge in [0.2, 0.25) is 5.88 Å². The molecule has 0 saturated heterocycles. The van der Waals surface area contributed by atoms with E-state index in [1.807, 2.05) is 6.20 Å². The molecule has 0 spiro atoms. The minimum atomic E-state index is 0.690. The Morgan fingerprint density at radius 2 is 2.00 bits per heavy atom. The maximum atomic E-state index is 5.45. The molecule has 3 aliphatic rings. The van der Waals surface area contributed by atoms with E-state index in [0.29, 0.717) is 6.04 Å². The van der Waals surface area contributed by atoms with Crippen LogP contribution in [0, 0.1) is 11.8 Å². The number of fused-ring (bicyclic) bond motifs is 3. The summed E-state index contributed by atoms with van der Waals surface area (Å²) in [6, 6.07) is 0.690. The number of aromatic nitrogens is 1. The standard InChI is InChI=1S/C17H24N2O/c1-20-17-14-5-3-2-4-13(14)16(10-18-17)19-15-9-11-6-7-12(15)8-11/h10-12,15,19H,2-9H2,1H3/t11-,12+,15+/m0/s1. The van der Waals surface area contributed by atoms with E-state index in [1.54, 1.807) is 7.11 Å². The maximum Gasteiger partial charge on any atom is 0.216 e. The molecule has 3 heteroatoms. The molecule has 20 heavy (non-hydrogen) atoms. The Morgan fingerprint density at radius 1 is 1.15 bits per heavy atom. The van der Waals surface area contributed by atoms with Crippen LogP contribution >= 0.6 is 0 Å². The molecule has 0 radical (unpaired) electrons. The van der Waals surface area contributed by atoms with Gasteiger partial charge in [-0.3, -0.25) is 0 Å². The van der Waals surface area contributed by atoms with E-state index in [9.17, 15) is 0 Å². The van der Waals surface area contributed by atoms with Crippen LogP contribution in [0.4, 0.5) is 5.69 Å². The molecule has 2 bridgehead atoms. The predicted molar refractivity (Wildman–Crippen MR) is 80.3 cm³/mol. The number of hydrogen-bond acceptors (Lipinski definition) is 3. The molecule has 2 fully saturated rings. The summed E-state index contributed by atoms with van der Waals surface area (Å²) in [5.74, 6) is 2.74. The normalized spacial score (nSPS) is 31.1. The highest BCUT2D eigenvalue weighted by molar-refractivity contribution is 5.57. The fraction of sp³-hybridized carbons (Fsp3) is 0.706. The van der Waals surface area contributed by atoms with Crippen LogP contribution in [-0.4, -0.2) is 18.1 Å². The molecule has 3 aliphatic carbocycles. The summed E-state index contributed by atoms with van der Waals surface area (Å²) in [5, 5.41) is 3.83. The minimum Gasteiger partial charge on any atom is -0.481 e. The largest absolute Gasteiger partial charge is 0.481 e. The average Bonchev–Trinajstić information content (AvgIpc) is 3.10. The van der Waals surface area contributed by atoms with Gasteiger partial charge in [0, 0.05) is 11.6 Å². The molecule has 1 aromatic rings. The lowest BCUT2D eigenvalue weighted by atomic mass is 9.90. The monoisotopic (exact) mass is 272 g/mol. The predicted octanol–water partition coefficient (Wildman–Crippen LogP) is 3.57. The molecule has 1 aromatic heterocycles. The van der Waals surface area contributed by atoms with Crippen molar-refractivity contribution in [1.82, 2.24) is 4.98 Å². The fourth-order valence-corrected chi connectivity index (χ4v) is 4.64. The van der Waals surface area contributed by atoms with Crippen molar-refractivity contribution in [2.24, 2.45) is 11.8 Å². The van der Waals surface area contributed by atoms with Crippen LogP contribution in [0.5, 0.6) is 5.88 Å². The van der Waals surface area contributed by atoms with Gasteiger partial charge < -0.3 is 10.1 Å². The number of anilines is 1. The quantitative estimate of drug-likeness (QED) is 0.913. The molecule has 3 nitrogen and oxygen atoms in total. The van der Waals surface area contributed by atoms with Crippen LogP contribution in [0.1, 0.15) is 49.7 Å². The van der Waals surface area contributed by atoms with E-state index in [0.717, 1.165) is 24.1 Å². The minimum absolute atomic E-state index is 0.690. The summed E-state index contributed by atoms with van der Waals surface area (Å²) >= 11 is 0. The number of rotatable bonds is 3. The first-order valence-electron chi connectivity index (χ1n) is 8.16. The Morgan fingerprint density at radius 3 is 2.70 bits per heavy atom. The second kappa shape index (κ2) is 4.94. The first kappa shape index (κ1) is 12.5. The van der Waals surface area contributed by atoms with Gasteiger partial charge in [0.1, 0.15) is 0 Å². The number of pyridine rings is 1. The Bertz CT molecular complexity index is 514. The third kappa shape index (κ3) is 1.99. The van der Waals surface area contributed by atoms with Crippen LogP contribution in [0.25, 0.3) is 0 Å². The van der Waals surface area contributed by atoms with Crippen molar-refractivity contribution in [3.8, 4) is 5.88 Å². The van der Waals surface area contributed by atoms with Gasteiger partial charge in [-0.2, -0.15) is 0 Å². The lowest BCUT2D eigenvalue weighted by Crippen LogP contribution is -2.27. The van der Waals surface area contributed by atoms with E-state index >= 15 is 0 Å². The lowest BCUT2D eigenvalue weighted by molar-refractivity contribution is 0.388. The molecular weight excluding hydrogens is 248 g/mol. The second-order valence-corrected chi connectivity index (χ2v) is 6.77. The summed E-state index contributed by atoms with van der Waals surface area (Å²) < 4.78 is 5.45. The molecule has 0 aromatic carbocycles. The summed E-state index contributed by atoms with van der Waals surface area (Å²) in [6.07, 6.45) is 12.6. The van der Waals surface area contributed by atoms with Crippen molar-refractivity contribution in [1.29, 1.82) is 0 Å². The third-order valence-electron chi connectivity index (χ3n) is 5.63. The van der Waals surface area contributed by atoms with E-state index < -0.39 is 0 Å². The Balaban J connectivity index is 1.61. The summed E-state index contributed by atoms with van der Waals surface area (Å²) in [4.78, 5) is 4.53. The van der Waals surface area contributed by atoms with E-state index in [4.69, 9.17) is 4.74 Å². The number of ether oxygens (including phenoxy) is 1. The highest BCUT2D eigenvalue weighted by Crippen LogP contribution is 2.46. The number of methoxy groups -OCH3 is 1. The van der Waals surface area contributed by atoms with Gasteiger partial charge in [0.15, 0.2) is 0 Å². The average molecular weight is 272 g/mol. The molecule has 1 heterocycles. The molecule has 1 N–H and O–H groups in total. The molecular formula is C17H24N2O. The van der Waals surface area contributed by atoms with Crippen LogP contribution in [0.2, 0.25) is 0 Å². The number of hydrogen-bond donors (Lipinski definition) is 1. The first-order chi connectivity index (χ1) is 9.85. The van der Waals surface area contributed by atoms with Gasteiger partial charge in [-0.15, -0.1) is 0 Å². The van der Waals surface area contributed by atoms with E-state index in [2.05, 4.69) is 10.3 Å². The van der Waals surface area contributed by atoms with E-state index in [-0.39, 0.29) is 0 Å². The van der Waals surface area contributed by atoms with Gasteiger partial charge in [0.25, 0.3) is 0 Å². The molecule has 2 saturated carbocycles. The van der Waals surface area contributed by atoms with Crippen molar-refractivity contribution < 1.29 is 4.74 Å². The molecule has 4 rings (SSSR count). The topological polar surface area (TPSA) is 34.1 Å². The van der Waals surface area contributed by atoms with Crippen molar-refractivity contribution >= 4 is 5.69 Å². The van der Waals surface area contributed by atoms with Crippen LogP contribution in [0.15, 0.2) is 6.20 Å². The lowest BCUT2D eigenvalue weighted by Gasteiger charge is -2.27. The highest BCUT2D eigenvalue weighted by atomic mass is 16.5. The van der Waals surface area contributed by atoms with Gasteiger partial charge in [-0.1, -0.05) is 6.42 Å². The summed E-state index contributed by atoms with van der Waals surface area (Å²) in [6.45, 7) is 0. The van der Waals surface area contributed by atoms with Crippen molar-refractivity contribution in [3.05, 3.63) is 17.3 Å². The van der Waals surface area contributed by atoms with Gasteiger partial charge in [0.05, 0.1) is 19.0 Å². The molecule has 0 amide bonds. The van der Waals surface area contributed by atoms with E-state index in [1.165, 1.54) is 61.8 Å². The van der Waals surface area contributed by atoms with Gasteiger partial charge in [-0.05, 0) is 62.3 Å². The Labute approximate surface area is 121 Å². The zero-order chi connectivity index (χ0) is 13.5. The van der Waals surface area contributed by atoms with Crippen LogP contribution < -0.4 is 10.1 Å². The fourth-order valence-electron chi connectivity index (χ4n) is 4.64. The van der Waals surface area contributed by atoms with Crippen molar-refractivity contribution in [3.63, 3.8) is 0 Å². The number of nitrogens with zero attached hydrogens (tertiary/aromatic N) is 1. The number of nitrogens with one attached hydrogen (secondary N) is 1. The first-order valence-corrected chi connectivity index (χ1v) is 8.16. The SMILES string of the molecule is COc1ncc(N[C@@H]2C[C@H]3CC[C@@H]2C3)c2c1CCCC2. The molecule has 0 unspecified atom stereocenters. The molecule has 0 aliphatic heterocycles. The molecule has 3 atom stereocenters. The van der Waals surface area contributed by atoms with Crippen molar-refractivity contribution in [2.45, 2.75) is 57.4 Å². The van der Waals surface area contributed by atoms with Crippen LogP contribution in [0.3, 0.4) is 0 Å².